The minimum atomic E-state index is -0.573. The molecule has 0 spiro atoms. The van der Waals surface area contributed by atoms with Crippen molar-refractivity contribution in [2.24, 2.45) is 0 Å². The molecule has 1 N–H and O–H groups in total. The molecule has 1 atom stereocenters. The molecule has 3 rings (SSSR count). The van der Waals surface area contributed by atoms with E-state index in [9.17, 15) is 5.11 Å². The smallest absolute Gasteiger partial charge is 0.105 e. The molecule has 4 heteroatoms. The second-order valence-corrected chi connectivity index (χ2v) is 6.84. The molecular weight excluding hydrogens is 357 g/mol. The number of nitrogens with zero attached hydrogens (tertiary/aromatic N) is 1. The van der Waals surface area contributed by atoms with Crippen molar-refractivity contribution in [3.05, 3.63) is 62.1 Å². The van der Waals surface area contributed by atoms with Crippen molar-refractivity contribution in [2.45, 2.75) is 6.10 Å². The van der Waals surface area contributed by atoms with Crippen LogP contribution >= 0.6 is 33.9 Å². The second kappa shape index (κ2) is 4.95. The Balaban J connectivity index is 2.14. The lowest BCUT2D eigenvalue weighted by molar-refractivity contribution is 0.222. The summed E-state index contributed by atoms with van der Waals surface area (Å²) >= 11 is 3.92. The molecule has 0 saturated carbocycles. The summed E-state index contributed by atoms with van der Waals surface area (Å²) in [5.41, 5.74) is 1.89. The van der Waals surface area contributed by atoms with E-state index in [-0.39, 0.29) is 0 Å². The first-order valence-electron chi connectivity index (χ1n) is 5.50. The van der Waals surface area contributed by atoms with Crippen LogP contribution in [-0.2, 0) is 0 Å². The second-order valence-electron chi connectivity index (χ2n) is 4.03. The number of rotatable bonds is 2. The minimum Gasteiger partial charge on any atom is -0.384 e. The van der Waals surface area contributed by atoms with Crippen molar-refractivity contribution in [1.29, 1.82) is 0 Å². The number of fused-ring (bicyclic) bond motifs is 1. The van der Waals surface area contributed by atoms with Crippen molar-refractivity contribution in [3.8, 4) is 0 Å². The first kappa shape index (κ1) is 12.1. The lowest BCUT2D eigenvalue weighted by atomic mass is 9.99. The van der Waals surface area contributed by atoms with E-state index in [1.165, 1.54) is 2.88 Å². The van der Waals surface area contributed by atoms with Gasteiger partial charge in [0.15, 0.2) is 0 Å². The summed E-state index contributed by atoms with van der Waals surface area (Å²) in [6, 6.07) is 9.91. The Hall–Kier alpha value is -0.980. The molecule has 0 bridgehead atoms. The first-order chi connectivity index (χ1) is 8.75. The van der Waals surface area contributed by atoms with Gasteiger partial charge in [0, 0.05) is 17.8 Å². The third kappa shape index (κ3) is 2.15. The predicted molar refractivity (Wildman–Crippen MR) is 82.8 cm³/mol. The van der Waals surface area contributed by atoms with Crippen molar-refractivity contribution < 1.29 is 5.11 Å². The maximum Gasteiger partial charge on any atom is 0.105 e. The fourth-order valence-corrected chi connectivity index (χ4v) is 3.42. The fraction of sp³-hybridized carbons (Fsp3) is 0.0714. The Kier molecular flexibility index (Phi) is 3.32. The number of halogens is 1. The quantitative estimate of drug-likeness (QED) is 0.695. The summed E-state index contributed by atoms with van der Waals surface area (Å²) in [7, 11) is 0. The molecule has 90 valence electrons. The van der Waals surface area contributed by atoms with Crippen LogP contribution in [0.4, 0.5) is 0 Å². The van der Waals surface area contributed by atoms with Gasteiger partial charge in [0.25, 0.3) is 0 Å². The number of aliphatic hydroxyl groups is 1. The van der Waals surface area contributed by atoms with Gasteiger partial charge >= 0.3 is 0 Å². The van der Waals surface area contributed by atoms with E-state index in [1.807, 2.05) is 41.9 Å². The highest BCUT2D eigenvalue weighted by Gasteiger charge is 2.14. The molecule has 1 unspecified atom stereocenters. The molecule has 0 aliphatic rings. The molecule has 0 aliphatic carbocycles. The lowest BCUT2D eigenvalue weighted by Gasteiger charge is -2.12. The van der Waals surface area contributed by atoms with Crippen LogP contribution in [0, 0.1) is 2.88 Å². The van der Waals surface area contributed by atoms with Gasteiger partial charge in [0.2, 0.25) is 0 Å². The van der Waals surface area contributed by atoms with E-state index in [4.69, 9.17) is 0 Å². The maximum absolute atomic E-state index is 10.5. The van der Waals surface area contributed by atoms with Gasteiger partial charge in [-0.1, -0.05) is 18.2 Å². The Morgan fingerprint density at radius 3 is 2.94 bits per heavy atom. The fourth-order valence-electron chi connectivity index (χ4n) is 2.03. The number of thiophene rings is 1. The van der Waals surface area contributed by atoms with E-state index in [1.54, 1.807) is 17.5 Å². The molecule has 0 fully saturated rings. The molecule has 0 saturated heterocycles. The Labute approximate surface area is 122 Å². The molecule has 0 aliphatic heterocycles. The van der Waals surface area contributed by atoms with Crippen molar-refractivity contribution in [3.63, 3.8) is 0 Å². The zero-order valence-electron chi connectivity index (χ0n) is 9.38. The largest absolute Gasteiger partial charge is 0.384 e. The Morgan fingerprint density at radius 2 is 2.17 bits per heavy atom. The van der Waals surface area contributed by atoms with Crippen molar-refractivity contribution in [2.75, 3.05) is 0 Å². The highest BCUT2D eigenvalue weighted by atomic mass is 127. The molecular formula is C14H10INOS. The number of pyridine rings is 1. The zero-order chi connectivity index (χ0) is 12.5. The summed E-state index contributed by atoms with van der Waals surface area (Å²) in [6.07, 6.45) is 3.01. The molecule has 18 heavy (non-hydrogen) atoms. The van der Waals surface area contributed by atoms with E-state index >= 15 is 0 Å². The lowest BCUT2D eigenvalue weighted by Crippen LogP contribution is -1.99. The van der Waals surface area contributed by atoms with Crippen LogP contribution in [0.2, 0.25) is 0 Å². The SMILES string of the molecule is OC(c1csc(I)c1)c1cccc2cnccc12. The molecule has 1 aromatic carbocycles. The summed E-state index contributed by atoms with van der Waals surface area (Å²) in [5.74, 6) is 0. The molecule has 0 amide bonds. The topological polar surface area (TPSA) is 33.1 Å². The van der Waals surface area contributed by atoms with Gasteiger partial charge in [0.05, 0.1) is 2.88 Å². The third-order valence-corrected chi connectivity index (χ3v) is 4.72. The Morgan fingerprint density at radius 1 is 1.28 bits per heavy atom. The molecule has 0 radical (unpaired) electrons. The molecule has 2 heterocycles. The summed E-state index contributed by atoms with van der Waals surface area (Å²) < 4.78 is 1.18. The first-order valence-corrected chi connectivity index (χ1v) is 7.46. The third-order valence-electron chi connectivity index (χ3n) is 2.91. The van der Waals surface area contributed by atoms with Crippen LogP contribution in [0.3, 0.4) is 0 Å². The van der Waals surface area contributed by atoms with Crippen LogP contribution in [0.1, 0.15) is 17.2 Å². The van der Waals surface area contributed by atoms with Gasteiger partial charge in [0.1, 0.15) is 6.10 Å². The van der Waals surface area contributed by atoms with E-state index < -0.39 is 6.10 Å². The standard InChI is InChI=1S/C14H10INOS/c15-13-6-10(8-18-13)14(17)12-3-1-2-9-7-16-5-4-11(9)12/h1-8,14,17H. The van der Waals surface area contributed by atoms with Crippen LogP contribution in [0.15, 0.2) is 48.1 Å². The van der Waals surface area contributed by atoms with Gasteiger partial charge in [-0.15, -0.1) is 11.3 Å². The molecule has 3 aromatic rings. The summed E-state index contributed by atoms with van der Waals surface area (Å²) in [5, 5.41) is 14.6. The van der Waals surface area contributed by atoms with Gasteiger partial charge in [-0.3, -0.25) is 4.98 Å². The Bertz CT molecular complexity index is 690. The normalized spacial score (nSPS) is 12.8. The van der Waals surface area contributed by atoms with E-state index in [0.717, 1.165) is 21.9 Å². The van der Waals surface area contributed by atoms with Gasteiger partial charge in [-0.25, -0.2) is 0 Å². The van der Waals surface area contributed by atoms with E-state index in [0.29, 0.717) is 0 Å². The number of aromatic nitrogens is 1. The van der Waals surface area contributed by atoms with Crippen molar-refractivity contribution >= 4 is 44.7 Å². The molecule has 2 nitrogen and oxygen atoms in total. The van der Waals surface area contributed by atoms with Gasteiger partial charge in [-0.2, -0.15) is 0 Å². The van der Waals surface area contributed by atoms with Crippen LogP contribution in [0.5, 0.6) is 0 Å². The van der Waals surface area contributed by atoms with Gasteiger partial charge in [-0.05, 0) is 56.6 Å². The summed E-state index contributed by atoms with van der Waals surface area (Å²) in [6.45, 7) is 0. The monoisotopic (exact) mass is 367 g/mol. The van der Waals surface area contributed by atoms with E-state index in [2.05, 4.69) is 27.6 Å². The van der Waals surface area contributed by atoms with Crippen LogP contribution in [-0.4, -0.2) is 10.1 Å². The average molecular weight is 367 g/mol. The highest BCUT2D eigenvalue weighted by molar-refractivity contribution is 14.1. The van der Waals surface area contributed by atoms with Crippen LogP contribution in [0.25, 0.3) is 10.8 Å². The minimum absolute atomic E-state index is 0.573. The zero-order valence-corrected chi connectivity index (χ0v) is 12.4. The summed E-state index contributed by atoms with van der Waals surface area (Å²) in [4.78, 5) is 4.11. The number of hydrogen-bond acceptors (Lipinski definition) is 3. The number of hydrogen-bond donors (Lipinski definition) is 1. The molecule has 2 aromatic heterocycles. The predicted octanol–water partition coefficient (Wildman–Crippen LogP) is 3.98. The average Bonchev–Trinajstić information content (AvgIpc) is 2.84. The highest BCUT2D eigenvalue weighted by Crippen LogP contribution is 2.31. The number of aliphatic hydroxyl groups excluding tert-OH is 1. The maximum atomic E-state index is 10.5. The van der Waals surface area contributed by atoms with Gasteiger partial charge < -0.3 is 5.11 Å². The number of benzene rings is 1. The van der Waals surface area contributed by atoms with Crippen LogP contribution < -0.4 is 0 Å². The van der Waals surface area contributed by atoms with Crippen molar-refractivity contribution in [1.82, 2.24) is 4.98 Å².